The summed E-state index contributed by atoms with van der Waals surface area (Å²) in [6.07, 6.45) is 1.64. The van der Waals surface area contributed by atoms with Gasteiger partial charge in [0, 0.05) is 12.6 Å². The molecule has 90 valence electrons. The standard InChI is InChI=1S/C13H11N3O2/c1-8-3-11-12(18-7-17-11)4-9(8)13-10(5-14)16(2)6-15-13/h3-4,6H,7H2,1-2H3. The zero-order chi connectivity index (χ0) is 12.7. The number of hydrogen-bond donors (Lipinski definition) is 0. The van der Waals surface area contributed by atoms with Crippen molar-refractivity contribution in [3.63, 3.8) is 0 Å². The van der Waals surface area contributed by atoms with Crippen LogP contribution >= 0.6 is 0 Å². The highest BCUT2D eigenvalue weighted by atomic mass is 16.7. The molecule has 3 rings (SSSR count). The molecule has 0 bridgehead atoms. The van der Waals surface area contributed by atoms with Crippen molar-refractivity contribution < 1.29 is 9.47 Å². The maximum Gasteiger partial charge on any atom is 0.231 e. The van der Waals surface area contributed by atoms with Gasteiger partial charge >= 0.3 is 0 Å². The first-order valence-electron chi connectivity index (χ1n) is 5.52. The third kappa shape index (κ3) is 1.43. The van der Waals surface area contributed by atoms with Crippen molar-refractivity contribution >= 4 is 0 Å². The highest BCUT2D eigenvalue weighted by molar-refractivity contribution is 5.72. The van der Waals surface area contributed by atoms with Gasteiger partial charge in [-0.15, -0.1) is 0 Å². The molecule has 1 aromatic carbocycles. The van der Waals surface area contributed by atoms with Crippen LogP contribution in [0.15, 0.2) is 18.5 Å². The zero-order valence-corrected chi connectivity index (χ0v) is 10.1. The molecule has 0 amide bonds. The molecule has 5 heteroatoms. The van der Waals surface area contributed by atoms with Gasteiger partial charge in [0.25, 0.3) is 0 Å². The number of ether oxygens (including phenoxy) is 2. The van der Waals surface area contributed by atoms with Crippen LogP contribution in [0.4, 0.5) is 0 Å². The Kier molecular flexibility index (Phi) is 2.23. The maximum absolute atomic E-state index is 9.17. The van der Waals surface area contributed by atoms with E-state index in [4.69, 9.17) is 14.7 Å². The first-order chi connectivity index (χ1) is 8.70. The summed E-state index contributed by atoms with van der Waals surface area (Å²) in [7, 11) is 1.80. The highest BCUT2D eigenvalue weighted by Gasteiger charge is 2.19. The van der Waals surface area contributed by atoms with E-state index in [1.54, 1.807) is 17.9 Å². The molecule has 0 fully saturated rings. The van der Waals surface area contributed by atoms with E-state index in [1.807, 2.05) is 19.1 Å². The van der Waals surface area contributed by atoms with E-state index in [0.29, 0.717) is 17.1 Å². The van der Waals surface area contributed by atoms with Crippen LogP contribution in [-0.2, 0) is 7.05 Å². The predicted octanol–water partition coefficient (Wildman–Crippen LogP) is 2.00. The summed E-state index contributed by atoms with van der Waals surface area (Å²) in [5.74, 6) is 1.44. The van der Waals surface area contributed by atoms with E-state index in [0.717, 1.165) is 16.9 Å². The van der Waals surface area contributed by atoms with Crippen LogP contribution < -0.4 is 9.47 Å². The number of benzene rings is 1. The lowest BCUT2D eigenvalue weighted by Gasteiger charge is -2.05. The van der Waals surface area contributed by atoms with Gasteiger partial charge in [-0.1, -0.05) is 0 Å². The topological polar surface area (TPSA) is 60.1 Å². The zero-order valence-electron chi connectivity index (χ0n) is 10.1. The second-order valence-corrected chi connectivity index (χ2v) is 4.18. The Hall–Kier alpha value is -2.48. The number of fused-ring (bicyclic) bond motifs is 1. The normalized spacial score (nSPS) is 12.5. The predicted molar refractivity (Wildman–Crippen MR) is 64.2 cm³/mol. The molecule has 5 nitrogen and oxygen atoms in total. The molecule has 0 N–H and O–H groups in total. The van der Waals surface area contributed by atoms with Gasteiger partial charge in [0.2, 0.25) is 6.79 Å². The van der Waals surface area contributed by atoms with Crippen molar-refractivity contribution in [2.75, 3.05) is 6.79 Å². The molecule has 1 aliphatic heterocycles. The number of aromatic nitrogens is 2. The minimum Gasteiger partial charge on any atom is -0.454 e. The largest absolute Gasteiger partial charge is 0.454 e. The second-order valence-electron chi connectivity index (χ2n) is 4.18. The van der Waals surface area contributed by atoms with Crippen LogP contribution in [0.5, 0.6) is 11.5 Å². The molecule has 18 heavy (non-hydrogen) atoms. The third-order valence-corrected chi connectivity index (χ3v) is 3.02. The van der Waals surface area contributed by atoms with Crippen molar-refractivity contribution in [3.05, 3.63) is 29.7 Å². The van der Waals surface area contributed by atoms with Gasteiger partial charge in [0.1, 0.15) is 17.5 Å². The quantitative estimate of drug-likeness (QED) is 0.766. The number of nitriles is 1. The molecule has 0 saturated heterocycles. The number of nitrogens with zero attached hydrogens (tertiary/aromatic N) is 3. The van der Waals surface area contributed by atoms with Gasteiger partial charge in [0.15, 0.2) is 11.5 Å². The van der Waals surface area contributed by atoms with Crippen molar-refractivity contribution in [3.8, 4) is 28.8 Å². The minimum absolute atomic E-state index is 0.242. The Morgan fingerprint density at radius 2 is 2.06 bits per heavy atom. The van der Waals surface area contributed by atoms with Crippen LogP contribution in [0.25, 0.3) is 11.3 Å². The smallest absolute Gasteiger partial charge is 0.231 e. The second kappa shape index (κ2) is 3.77. The highest BCUT2D eigenvalue weighted by Crippen LogP contribution is 2.38. The number of imidazole rings is 1. The van der Waals surface area contributed by atoms with Crippen LogP contribution in [0, 0.1) is 18.3 Å². The first kappa shape index (κ1) is 10.7. The van der Waals surface area contributed by atoms with Crippen molar-refractivity contribution in [2.24, 2.45) is 7.05 Å². The molecule has 1 aliphatic rings. The van der Waals surface area contributed by atoms with Crippen LogP contribution in [0.2, 0.25) is 0 Å². The number of aryl methyl sites for hydroxylation is 2. The Bertz CT molecular complexity index is 668. The average Bonchev–Trinajstić information content (AvgIpc) is 2.93. The van der Waals surface area contributed by atoms with E-state index in [2.05, 4.69) is 11.1 Å². The van der Waals surface area contributed by atoms with Gasteiger partial charge in [-0.05, 0) is 24.6 Å². The molecule has 0 spiro atoms. The molecule has 2 heterocycles. The molecule has 1 aromatic heterocycles. The van der Waals surface area contributed by atoms with Crippen LogP contribution in [0.3, 0.4) is 0 Å². The molecule has 0 unspecified atom stereocenters. The lowest BCUT2D eigenvalue weighted by atomic mass is 10.0. The van der Waals surface area contributed by atoms with Crippen LogP contribution in [-0.4, -0.2) is 16.3 Å². The summed E-state index contributed by atoms with van der Waals surface area (Å²) in [4.78, 5) is 4.29. The number of hydrogen-bond acceptors (Lipinski definition) is 4. The molecule has 0 aliphatic carbocycles. The van der Waals surface area contributed by atoms with E-state index in [9.17, 15) is 0 Å². The molecule has 0 saturated carbocycles. The monoisotopic (exact) mass is 241 g/mol. The minimum atomic E-state index is 0.242. The summed E-state index contributed by atoms with van der Waals surface area (Å²) >= 11 is 0. The van der Waals surface area contributed by atoms with Crippen LogP contribution in [0.1, 0.15) is 11.3 Å². The van der Waals surface area contributed by atoms with E-state index < -0.39 is 0 Å². The van der Waals surface area contributed by atoms with Gasteiger partial charge in [-0.2, -0.15) is 5.26 Å². The fourth-order valence-corrected chi connectivity index (χ4v) is 2.06. The van der Waals surface area contributed by atoms with E-state index in [-0.39, 0.29) is 6.79 Å². The number of rotatable bonds is 1. The van der Waals surface area contributed by atoms with Gasteiger partial charge < -0.3 is 14.0 Å². The molecular formula is C13H11N3O2. The Balaban J connectivity index is 2.21. The fraction of sp³-hybridized carbons (Fsp3) is 0.231. The lowest BCUT2D eigenvalue weighted by molar-refractivity contribution is 0.174. The fourth-order valence-electron chi connectivity index (χ4n) is 2.06. The summed E-state index contributed by atoms with van der Waals surface area (Å²) in [6, 6.07) is 5.95. The van der Waals surface area contributed by atoms with Gasteiger partial charge in [-0.3, -0.25) is 0 Å². The van der Waals surface area contributed by atoms with Crippen molar-refractivity contribution in [1.82, 2.24) is 9.55 Å². The maximum atomic E-state index is 9.17. The van der Waals surface area contributed by atoms with Gasteiger partial charge in [-0.25, -0.2) is 4.98 Å². The Labute approximate surface area is 104 Å². The summed E-state index contributed by atoms with van der Waals surface area (Å²) in [5, 5.41) is 9.17. The van der Waals surface area contributed by atoms with Crippen molar-refractivity contribution in [1.29, 1.82) is 5.26 Å². The third-order valence-electron chi connectivity index (χ3n) is 3.02. The Morgan fingerprint density at radius 3 is 2.78 bits per heavy atom. The molecule has 0 atom stereocenters. The molecular weight excluding hydrogens is 230 g/mol. The first-order valence-corrected chi connectivity index (χ1v) is 5.52. The van der Waals surface area contributed by atoms with Gasteiger partial charge in [0.05, 0.1) is 6.33 Å². The molecule has 0 radical (unpaired) electrons. The van der Waals surface area contributed by atoms with E-state index in [1.165, 1.54) is 0 Å². The average molecular weight is 241 g/mol. The van der Waals surface area contributed by atoms with Crippen molar-refractivity contribution in [2.45, 2.75) is 6.92 Å². The SMILES string of the molecule is Cc1cc2c(cc1-c1ncn(C)c1C#N)OCO2. The lowest BCUT2D eigenvalue weighted by Crippen LogP contribution is -1.93. The summed E-state index contributed by atoms with van der Waals surface area (Å²) in [6.45, 7) is 2.21. The summed E-state index contributed by atoms with van der Waals surface area (Å²) in [5.41, 5.74) is 3.12. The summed E-state index contributed by atoms with van der Waals surface area (Å²) < 4.78 is 12.4. The Morgan fingerprint density at radius 1 is 1.33 bits per heavy atom. The van der Waals surface area contributed by atoms with E-state index >= 15 is 0 Å². The molecule has 2 aromatic rings.